The molecule has 2 heteroatoms. The molecule has 2 nitrogen and oxygen atoms in total. The van der Waals surface area contributed by atoms with Gasteiger partial charge in [-0.2, -0.15) is 0 Å². The van der Waals surface area contributed by atoms with E-state index in [9.17, 15) is 4.79 Å². The van der Waals surface area contributed by atoms with E-state index in [2.05, 4.69) is 54.6 Å². The molecule has 0 bridgehead atoms. The molecular weight excluding hydrogens is 282 g/mol. The lowest BCUT2D eigenvalue weighted by Gasteiger charge is -2.13. The van der Waals surface area contributed by atoms with Gasteiger partial charge in [0.2, 0.25) is 5.91 Å². The van der Waals surface area contributed by atoms with E-state index in [0.29, 0.717) is 6.42 Å². The first kappa shape index (κ1) is 14.0. The Kier molecular flexibility index (Phi) is 3.38. The van der Waals surface area contributed by atoms with Crippen molar-refractivity contribution in [1.82, 2.24) is 0 Å². The fourth-order valence-corrected chi connectivity index (χ4v) is 3.63. The van der Waals surface area contributed by atoms with Crippen LogP contribution in [0.1, 0.15) is 24.8 Å². The van der Waals surface area contributed by atoms with Gasteiger partial charge in [-0.15, -0.1) is 0 Å². The van der Waals surface area contributed by atoms with Crippen molar-refractivity contribution in [3.8, 4) is 0 Å². The van der Waals surface area contributed by atoms with Gasteiger partial charge in [-0.1, -0.05) is 54.6 Å². The standard InChI is InChI=1S/C21H19NO/c22-19(23)7-2-1-4-14-8-9-17-11-10-15-5-3-6-16-12-13-18(14)21(17)20(15)16/h3,5-6,8-13H,1-2,4,7H2,(H2,22,23). The molecule has 0 aliphatic carbocycles. The van der Waals surface area contributed by atoms with Crippen LogP contribution in [0.25, 0.3) is 32.3 Å². The summed E-state index contributed by atoms with van der Waals surface area (Å²) in [5.74, 6) is -0.208. The van der Waals surface area contributed by atoms with Crippen LogP contribution < -0.4 is 5.73 Å². The van der Waals surface area contributed by atoms with E-state index in [4.69, 9.17) is 5.73 Å². The molecule has 0 heterocycles. The number of hydrogen-bond acceptors (Lipinski definition) is 1. The van der Waals surface area contributed by atoms with Gasteiger partial charge in [0.25, 0.3) is 0 Å². The number of unbranched alkanes of at least 4 members (excludes halogenated alkanes) is 1. The molecule has 0 atom stereocenters. The van der Waals surface area contributed by atoms with Gasteiger partial charge in [0.1, 0.15) is 0 Å². The number of carbonyl (C=O) groups is 1. The Balaban J connectivity index is 1.81. The van der Waals surface area contributed by atoms with E-state index in [-0.39, 0.29) is 5.91 Å². The molecule has 0 radical (unpaired) electrons. The number of rotatable bonds is 5. The predicted octanol–water partition coefficient (Wildman–Crippen LogP) is 4.78. The van der Waals surface area contributed by atoms with E-state index in [1.165, 1.54) is 37.9 Å². The van der Waals surface area contributed by atoms with Crippen molar-refractivity contribution in [3.05, 3.63) is 60.2 Å². The molecule has 4 aromatic rings. The maximum Gasteiger partial charge on any atom is 0.217 e. The summed E-state index contributed by atoms with van der Waals surface area (Å²) in [4.78, 5) is 10.9. The van der Waals surface area contributed by atoms with Crippen LogP contribution in [0.4, 0.5) is 0 Å². The molecule has 0 aromatic heterocycles. The molecule has 0 aliphatic heterocycles. The molecule has 0 unspecified atom stereocenters. The molecule has 1 amide bonds. The first-order valence-corrected chi connectivity index (χ1v) is 8.18. The Morgan fingerprint density at radius 1 is 0.783 bits per heavy atom. The van der Waals surface area contributed by atoms with E-state index >= 15 is 0 Å². The predicted molar refractivity (Wildman–Crippen MR) is 96.9 cm³/mol. The Hall–Kier alpha value is -2.61. The monoisotopic (exact) mass is 301 g/mol. The van der Waals surface area contributed by atoms with Gasteiger partial charge >= 0.3 is 0 Å². The summed E-state index contributed by atoms with van der Waals surface area (Å²) in [5, 5.41) is 7.96. The molecule has 2 N–H and O–H groups in total. The summed E-state index contributed by atoms with van der Waals surface area (Å²) in [6.45, 7) is 0. The minimum Gasteiger partial charge on any atom is -0.370 e. The fourth-order valence-electron chi connectivity index (χ4n) is 3.63. The summed E-state index contributed by atoms with van der Waals surface area (Å²) < 4.78 is 0. The first-order chi connectivity index (χ1) is 11.2. The molecule has 4 aromatic carbocycles. The molecule has 0 aliphatic rings. The van der Waals surface area contributed by atoms with Gasteiger partial charge in [-0.25, -0.2) is 0 Å². The van der Waals surface area contributed by atoms with E-state index in [0.717, 1.165) is 19.3 Å². The van der Waals surface area contributed by atoms with Crippen LogP contribution in [-0.2, 0) is 11.2 Å². The van der Waals surface area contributed by atoms with Crippen molar-refractivity contribution in [2.24, 2.45) is 5.73 Å². The highest BCUT2D eigenvalue weighted by molar-refractivity contribution is 6.23. The van der Waals surface area contributed by atoms with Crippen LogP contribution >= 0.6 is 0 Å². The third-order valence-electron chi connectivity index (χ3n) is 4.74. The lowest BCUT2D eigenvalue weighted by Crippen LogP contribution is -2.09. The highest BCUT2D eigenvalue weighted by Gasteiger charge is 2.10. The topological polar surface area (TPSA) is 43.1 Å². The van der Waals surface area contributed by atoms with Crippen LogP contribution in [0.15, 0.2) is 54.6 Å². The largest absolute Gasteiger partial charge is 0.370 e. The average molecular weight is 301 g/mol. The van der Waals surface area contributed by atoms with Crippen molar-refractivity contribution in [3.63, 3.8) is 0 Å². The Morgan fingerprint density at radius 2 is 1.43 bits per heavy atom. The molecule has 0 saturated heterocycles. The van der Waals surface area contributed by atoms with E-state index in [1.54, 1.807) is 0 Å². The van der Waals surface area contributed by atoms with Gasteiger partial charge in [0.05, 0.1) is 0 Å². The number of aryl methyl sites for hydroxylation is 1. The molecular formula is C21H19NO. The smallest absolute Gasteiger partial charge is 0.217 e. The Bertz CT molecular complexity index is 987. The third-order valence-corrected chi connectivity index (χ3v) is 4.74. The van der Waals surface area contributed by atoms with Crippen molar-refractivity contribution >= 4 is 38.2 Å². The van der Waals surface area contributed by atoms with Crippen LogP contribution in [0.3, 0.4) is 0 Å². The third kappa shape index (κ3) is 2.40. The molecule has 4 rings (SSSR count). The van der Waals surface area contributed by atoms with Crippen molar-refractivity contribution in [2.75, 3.05) is 0 Å². The molecule has 114 valence electrons. The highest BCUT2D eigenvalue weighted by Crippen LogP contribution is 2.36. The van der Waals surface area contributed by atoms with Gasteiger partial charge in [0.15, 0.2) is 0 Å². The number of carbonyl (C=O) groups excluding carboxylic acids is 1. The zero-order chi connectivity index (χ0) is 15.8. The number of benzene rings is 4. The number of hydrogen-bond donors (Lipinski definition) is 1. The Morgan fingerprint density at radius 3 is 2.17 bits per heavy atom. The van der Waals surface area contributed by atoms with Gasteiger partial charge < -0.3 is 5.73 Å². The summed E-state index contributed by atoms with van der Waals surface area (Å²) in [6, 6.07) is 19.8. The molecule has 0 fully saturated rings. The lowest BCUT2D eigenvalue weighted by atomic mass is 9.90. The molecule has 0 spiro atoms. The normalized spacial score (nSPS) is 11.7. The maximum absolute atomic E-state index is 10.9. The number of primary amides is 1. The van der Waals surface area contributed by atoms with Crippen molar-refractivity contribution in [1.29, 1.82) is 0 Å². The number of amides is 1. The van der Waals surface area contributed by atoms with Crippen molar-refractivity contribution < 1.29 is 4.79 Å². The second-order valence-corrected chi connectivity index (χ2v) is 6.25. The van der Waals surface area contributed by atoms with Gasteiger partial charge in [-0.3, -0.25) is 4.79 Å². The maximum atomic E-state index is 10.9. The van der Waals surface area contributed by atoms with Crippen LogP contribution in [-0.4, -0.2) is 5.91 Å². The van der Waals surface area contributed by atoms with Crippen LogP contribution in [0, 0.1) is 0 Å². The van der Waals surface area contributed by atoms with Crippen LogP contribution in [0.5, 0.6) is 0 Å². The first-order valence-electron chi connectivity index (χ1n) is 8.18. The van der Waals surface area contributed by atoms with Crippen LogP contribution in [0.2, 0.25) is 0 Å². The minimum atomic E-state index is -0.208. The summed E-state index contributed by atoms with van der Waals surface area (Å²) in [5.41, 5.74) is 6.58. The summed E-state index contributed by atoms with van der Waals surface area (Å²) in [6.07, 6.45) is 3.32. The van der Waals surface area contributed by atoms with E-state index in [1.807, 2.05) is 0 Å². The fraction of sp³-hybridized carbons (Fsp3) is 0.190. The highest BCUT2D eigenvalue weighted by atomic mass is 16.1. The van der Waals surface area contributed by atoms with Gasteiger partial charge in [0, 0.05) is 6.42 Å². The second kappa shape index (κ2) is 5.54. The molecule has 23 heavy (non-hydrogen) atoms. The SMILES string of the molecule is NC(=O)CCCCc1ccc2ccc3cccc4ccc1c2c34. The lowest BCUT2D eigenvalue weighted by molar-refractivity contribution is -0.118. The zero-order valence-electron chi connectivity index (χ0n) is 13.0. The number of nitrogens with two attached hydrogens (primary N) is 1. The molecule has 0 saturated carbocycles. The summed E-state index contributed by atoms with van der Waals surface area (Å²) >= 11 is 0. The van der Waals surface area contributed by atoms with E-state index < -0.39 is 0 Å². The minimum absolute atomic E-state index is 0.208. The van der Waals surface area contributed by atoms with Crippen molar-refractivity contribution in [2.45, 2.75) is 25.7 Å². The average Bonchev–Trinajstić information content (AvgIpc) is 2.57. The summed E-state index contributed by atoms with van der Waals surface area (Å²) in [7, 11) is 0. The second-order valence-electron chi connectivity index (χ2n) is 6.25. The van der Waals surface area contributed by atoms with Gasteiger partial charge in [-0.05, 0) is 57.1 Å². The zero-order valence-corrected chi connectivity index (χ0v) is 13.0. The quantitative estimate of drug-likeness (QED) is 0.418. The Labute approximate surface area is 135 Å².